The predicted octanol–water partition coefficient (Wildman–Crippen LogP) is 0.721. The fourth-order valence-electron chi connectivity index (χ4n) is 1.85. The summed E-state index contributed by atoms with van der Waals surface area (Å²) in [6.07, 6.45) is -0.139. The maximum absolute atomic E-state index is 12.3. The lowest BCUT2D eigenvalue weighted by atomic mass is 10.1. The maximum Gasteiger partial charge on any atom is 0.221 e. The largest absolute Gasteiger partial charge is 0.493 e. The summed E-state index contributed by atoms with van der Waals surface area (Å²) in [7, 11) is -0.708. The van der Waals surface area contributed by atoms with E-state index in [1.165, 1.54) is 32.4 Å². The minimum Gasteiger partial charge on any atom is -0.493 e. The number of carbonyl (C=O) groups is 1. The Kier molecular flexibility index (Phi) is 6.40. The molecule has 8 heteroatoms. The van der Waals surface area contributed by atoms with Gasteiger partial charge in [0.2, 0.25) is 5.91 Å². The third kappa shape index (κ3) is 5.40. The molecule has 0 atom stereocenters. The van der Waals surface area contributed by atoms with Crippen LogP contribution in [0.15, 0.2) is 23.1 Å². The summed E-state index contributed by atoms with van der Waals surface area (Å²) in [5.41, 5.74) is 4.96. The molecule has 3 N–H and O–H groups in total. The molecule has 0 fully saturated rings. The van der Waals surface area contributed by atoms with Gasteiger partial charge >= 0.3 is 0 Å². The molecule has 7 nitrogen and oxygen atoms in total. The highest BCUT2D eigenvalue weighted by Crippen LogP contribution is 2.29. The summed E-state index contributed by atoms with van der Waals surface area (Å²) >= 11 is 0. The smallest absolute Gasteiger partial charge is 0.221 e. The Morgan fingerprint density at radius 3 is 2.35 bits per heavy atom. The quantitative estimate of drug-likeness (QED) is 0.719. The molecule has 1 aromatic rings. The molecule has 0 aliphatic carbocycles. The molecule has 1 aromatic carbocycles. The van der Waals surface area contributed by atoms with Gasteiger partial charge in [0, 0.05) is 24.6 Å². The number of amides is 1. The molecule has 0 radical (unpaired) electrons. The number of benzene rings is 1. The number of methoxy groups -OCH3 is 2. The molecule has 0 saturated carbocycles. The second-order valence-corrected chi connectivity index (χ2v) is 7.83. The number of nitrogens with one attached hydrogen (secondary N) is 1. The first-order valence-corrected chi connectivity index (χ1v) is 8.76. The number of sulfone groups is 1. The van der Waals surface area contributed by atoms with Crippen LogP contribution in [0.3, 0.4) is 0 Å². The van der Waals surface area contributed by atoms with Gasteiger partial charge in [-0.15, -0.1) is 0 Å². The molecule has 0 saturated heterocycles. The summed E-state index contributed by atoms with van der Waals surface area (Å²) in [4.78, 5) is 11.9. The Morgan fingerprint density at radius 2 is 1.83 bits per heavy atom. The van der Waals surface area contributed by atoms with Crippen LogP contribution in [0.2, 0.25) is 0 Å². The fraction of sp³-hybridized carbons (Fsp3) is 0.533. The molecule has 0 unspecified atom stereocenters. The molecule has 23 heavy (non-hydrogen) atoms. The van der Waals surface area contributed by atoms with Crippen LogP contribution in [-0.2, 0) is 14.6 Å². The van der Waals surface area contributed by atoms with Gasteiger partial charge in [-0.25, -0.2) is 8.42 Å². The normalized spacial score (nSPS) is 11.9. The third-order valence-electron chi connectivity index (χ3n) is 3.30. The van der Waals surface area contributed by atoms with E-state index in [0.717, 1.165) is 0 Å². The van der Waals surface area contributed by atoms with Crippen molar-refractivity contribution in [3.8, 4) is 11.5 Å². The van der Waals surface area contributed by atoms with Crippen LogP contribution < -0.4 is 20.5 Å². The lowest BCUT2D eigenvalue weighted by molar-refractivity contribution is -0.122. The van der Waals surface area contributed by atoms with Gasteiger partial charge < -0.3 is 20.5 Å². The average Bonchev–Trinajstić information content (AvgIpc) is 2.52. The Bertz CT molecular complexity index is 656. The van der Waals surface area contributed by atoms with E-state index in [0.29, 0.717) is 11.5 Å². The van der Waals surface area contributed by atoms with E-state index in [4.69, 9.17) is 15.2 Å². The van der Waals surface area contributed by atoms with Crippen molar-refractivity contribution in [3.05, 3.63) is 18.2 Å². The summed E-state index contributed by atoms with van der Waals surface area (Å²) in [5.74, 6) is 0.107. The van der Waals surface area contributed by atoms with Crippen LogP contribution in [0.4, 0.5) is 0 Å². The highest BCUT2D eigenvalue weighted by molar-refractivity contribution is 7.91. The van der Waals surface area contributed by atoms with Crippen LogP contribution in [0.5, 0.6) is 11.5 Å². The number of ether oxygens (including phenoxy) is 2. The molecule has 0 aliphatic rings. The molecule has 0 aliphatic heterocycles. The minimum atomic E-state index is -3.60. The number of carbonyl (C=O) groups excluding carboxylic acids is 1. The van der Waals surface area contributed by atoms with Crippen LogP contribution in [0, 0.1) is 0 Å². The zero-order chi connectivity index (χ0) is 17.7. The van der Waals surface area contributed by atoms with Gasteiger partial charge in [-0.05, 0) is 26.0 Å². The van der Waals surface area contributed by atoms with Gasteiger partial charge in [-0.1, -0.05) is 0 Å². The van der Waals surface area contributed by atoms with E-state index in [1.54, 1.807) is 13.8 Å². The van der Waals surface area contributed by atoms with E-state index < -0.39 is 15.4 Å². The van der Waals surface area contributed by atoms with E-state index in [2.05, 4.69) is 5.32 Å². The lowest BCUT2D eigenvalue weighted by Crippen LogP contribution is -2.49. The second-order valence-electron chi connectivity index (χ2n) is 5.72. The van der Waals surface area contributed by atoms with E-state index in [-0.39, 0.29) is 29.5 Å². The monoisotopic (exact) mass is 344 g/mol. The molecule has 1 rings (SSSR count). The highest BCUT2D eigenvalue weighted by Gasteiger charge is 2.22. The fourth-order valence-corrected chi connectivity index (χ4v) is 3.10. The van der Waals surface area contributed by atoms with Crippen molar-refractivity contribution in [2.24, 2.45) is 5.73 Å². The third-order valence-corrected chi connectivity index (χ3v) is 5.01. The van der Waals surface area contributed by atoms with Crippen LogP contribution >= 0.6 is 0 Å². The van der Waals surface area contributed by atoms with Crippen molar-refractivity contribution in [2.75, 3.05) is 26.5 Å². The van der Waals surface area contributed by atoms with Crippen molar-refractivity contribution < 1.29 is 22.7 Å². The van der Waals surface area contributed by atoms with Crippen molar-refractivity contribution >= 4 is 15.7 Å². The Balaban J connectivity index is 2.82. The minimum absolute atomic E-state index is 0.0843. The molecule has 1 amide bonds. The summed E-state index contributed by atoms with van der Waals surface area (Å²) in [6.45, 7) is 3.81. The Labute approximate surface area is 137 Å². The van der Waals surface area contributed by atoms with Gasteiger partial charge in [0.15, 0.2) is 21.3 Å². The van der Waals surface area contributed by atoms with Crippen molar-refractivity contribution in [2.45, 2.75) is 30.7 Å². The van der Waals surface area contributed by atoms with E-state index in [1.807, 2.05) is 0 Å². The summed E-state index contributed by atoms with van der Waals surface area (Å²) < 4.78 is 34.8. The number of nitrogens with two attached hydrogens (primary N) is 1. The topological polar surface area (TPSA) is 108 Å². The Hall–Kier alpha value is -1.80. The van der Waals surface area contributed by atoms with Crippen molar-refractivity contribution in [1.82, 2.24) is 5.32 Å². The number of rotatable bonds is 8. The first-order chi connectivity index (χ1) is 10.6. The lowest BCUT2D eigenvalue weighted by Gasteiger charge is -2.24. The Morgan fingerprint density at radius 1 is 1.22 bits per heavy atom. The van der Waals surface area contributed by atoms with Crippen molar-refractivity contribution in [1.29, 1.82) is 0 Å². The summed E-state index contributed by atoms with van der Waals surface area (Å²) in [6, 6.07) is 4.33. The van der Waals surface area contributed by atoms with Crippen LogP contribution in [-0.4, -0.2) is 46.4 Å². The molecular weight excluding hydrogens is 320 g/mol. The van der Waals surface area contributed by atoms with E-state index >= 15 is 0 Å². The highest BCUT2D eigenvalue weighted by atomic mass is 32.2. The predicted molar refractivity (Wildman–Crippen MR) is 87.5 cm³/mol. The average molecular weight is 344 g/mol. The molecular formula is C15H24N2O5S. The summed E-state index contributed by atoms with van der Waals surface area (Å²) in [5, 5.41) is 2.70. The first-order valence-electron chi connectivity index (χ1n) is 7.11. The maximum atomic E-state index is 12.3. The van der Waals surface area contributed by atoms with Gasteiger partial charge in [0.1, 0.15) is 0 Å². The first kappa shape index (κ1) is 19.2. The molecule has 0 aromatic heterocycles. The molecule has 0 bridgehead atoms. The zero-order valence-electron chi connectivity index (χ0n) is 13.9. The molecule has 0 heterocycles. The second kappa shape index (κ2) is 7.65. The zero-order valence-corrected chi connectivity index (χ0v) is 14.7. The van der Waals surface area contributed by atoms with Crippen LogP contribution in [0.25, 0.3) is 0 Å². The molecule has 0 spiro atoms. The van der Waals surface area contributed by atoms with Gasteiger partial charge in [0.25, 0.3) is 0 Å². The van der Waals surface area contributed by atoms with Gasteiger partial charge in [0.05, 0.1) is 24.9 Å². The molecule has 130 valence electrons. The van der Waals surface area contributed by atoms with Gasteiger partial charge in [-0.2, -0.15) is 0 Å². The standard InChI is InChI=1S/C15H24N2O5S/c1-15(2,10-16)17-14(18)7-8-23(19,20)11-5-6-12(21-3)13(9-11)22-4/h5-6,9H,7-8,10,16H2,1-4H3,(H,17,18). The van der Waals surface area contributed by atoms with Crippen molar-refractivity contribution in [3.63, 3.8) is 0 Å². The van der Waals surface area contributed by atoms with E-state index in [9.17, 15) is 13.2 Å². The van der Waals surface area contributed by atoms with Crippen LogP contribution in [0.1, 0.15) is 20.3 Å². The van der Waals surface area contributed by atoms with Gasteiger partial charge in [-0.3, -0.25) is 4.79 Å². The SMILES string of the molecule is COc1ccc(S(=O)(=O)CCC(=O)NC(C)(C)CN)cc1OC. The number of hydrogen-bond acceptors (Lipinski definition) is 6. The number of hydrogen-bond donors (Lipinski definition) is 2.